The van der Waals surface area contributed by atoms with Crippen LogP contribution in [-0.4, -0.2) is 24.2 Å². The van der Waals surface area contributed by atoms with Crippen molar-refractivity contribution in [1.82, 2.24) is 9.97 Å². The molecule has 0 aliphatic rings. The lowest BCUT2D eigenvalue weighted by Gasteiger charge is -2.12. The lowest BCUT2D eigenvalue weighted by atomic mass is 10.1. The Morgan fingerprint density at radius 1 is 0.962 bits per heavy atom. The van der Waals surface area contributed by atoms with E-state index in [0.717, 1.165) is 17.3 Å². The van der Waals surface area contributed by atoms with Crippen LogP contribution in [0, 0.1) is 6.92 Å². The SMILES string of the molecule is COc1ccc(Nc2nccc(NCc3ccc(C)cc3)n2)c(OC)c1. The molecular weight excluding hydrogens is 328 g/mol. The fourth-order valence-corrected chi connectivity index (χ4v) is 2.44. The summed E-state index contributed by atoms with van der Waals surface area (Å²) in [7, 11) is 3.23. The van der Waals surface area contributed by atoms with Crippen LogP contribution in [0.4, 0.5) is 17.5 Å². The topological polar surface area (TPSA) is 68.3 Å². The molecule has 1 heterocycles. The van der Waals surface area contributed by atoms with Gasteiger partial charge in [0.05, 0.1) is 19.9 Å². The van der Waals surface area contributed by atoms with E-state index in [1.54, 1.807) is 20.4 Å². The Balaban J connectivity index is 1.70. The van der Waals surface area contributed by atoms with Gasteiger partial charge in [-0.25, -0.2) is 4.98 Å². The molecule has 0 unspecified atom stereocenters. The third-order valence-electron chi connectivity index (χ3n) is 3.90. The highest BCUT2D eigenvalue weighted by Gasteiger charge is 2.07. The minimum absolute atomic E-state index is 0.488. The van der Waals surface area contributed by atoms with Crippen molar-refractivity contribution in [1.29, 1.82) is 0 Å². The van der Waals surface area contributed by atoms with E-state index >= 15 is 0 Å². The minimum Gasteiger partial charge on any atom is -0.497 e. The van der Waals surface area contributed by atoms with E-state index in [4.69, 9.17) is 9.47 Å². The molecule has 0 fully saturated rings. The van der Waals surface area contributed by atoms with Gasteiger partial charge in [-0.2, -0.15) is 4.98 Å². The van der Waals surface area contributed by atoms with Crippen LogP contribution in [0.15, 0.2) is 54.7 Å². The van der Waals surface area contributed by atoms with Gasteiger partial charge in [0.1, 0.15) is 17.3 Å². The number of hydrogen-bond donors (Lipinski definition) is 2. The lowest BCUT2D eigenvalue weighted by molar-refractivity contribution is 0.395. The number of nitrogens with zero attached hydrogens (tertiary/aromatic N) is 2. The first kappa shape index (κ1) is 17.5. The van der Waals surface area contributed by atoms with Crippen LogP contribution in [0.3, 0.4) is 0 Å². The molecule has 0 amide bonds. The summed E-state index contributed by atoms with van der Waals surface area (Å²) < 4.78 is 10.6. The summed E-state index contributed by atoms with van der Waals surface area (Å²) in [6.45, 7) is 2.77. The highest BCUT2D eigenvalue weighted by atomic mass is 16.5. The van der Waals surface area contributed by atoms with Gasteiger partial charge in [0.25, 0.3) is 0 Å². The molecule has 0 aliphatic carbocycles. The molecule has 26 heavy (non-hydrogen) atoms. The summed E-state index contributed by atoms with van der Waals surface area (Å²) in [6, 6.07) is 15.8. The number of nitrogens with one attached hydrogen (secondary N) is 2. The quantitative estimate of drug-likeness (QED) is 0.667. The second kappa shape index (κ2) is 8.20. The number of rotatable bonds is 7. The molecule has 0 saturated heterocycles. The Morgan fingerprint density at radius 3 is 2.50 bits per heavy atom. The monoisotopic (exact) mass is 350 g/mol. The van der Waals surface area contributed by atoms with Gasteiger partial charge in [-0.1, -0.05) is 29.8 Å². The molecule has 0 bridgehead atoms. The molecule has 0 aliphatic heterocycles. The largest absolute Gasteiger partial charge is 0.497 e. The molecule has 0 spiro atoms. The molecule has 0 atom stereocenters. The normalized spacial score (nSPS) is 10.3. The maximum Gasteiger partial charge on any atom is 0.229 e. The number of aromatic nitrogens is 2. The number of hydrogen-bond acceptors (Lipinski definition) is 6. The third-order valence-corrected chi connectivity index (χ3v) is 3.90. The van der Waals surface area contributed by atoms with Crippen LogP contribution < -0.4 is 20.1 Å². The fraction of sp³-hybridized carbons (Fsp3) is 0.200. The first-order valence-electron chi connectivity index (χ1n) is 8.29. The number of methoxy groups -OCH3 is 2. The Bertz CT molecular complexity index is 866. The van der Waals surface area contributed by atoms with Crippen molar-refractivity contribution in [3.63, 3.8) is 0 Å². The van der Waals surface area contributed by atoms with Crippen LogP contribution in [0.2, 0.25) is 0 Å². The van der Waals surface area contributed by atoms with Gasteiger partial charge in [0.2, 0.25) is 5.95 Å². The number of benzene rings is 2. The molecule has 2 aromatic carbocycles. The molecule has 0 radical (unpaired) electrons. The summed E-state index contributed by atoms with van der Waals surface area (Å²) in [4.78, 5) is 8.77. The van der Waals surface area contributed by atoms with Gasteiger partial charge in [-0.3, -0.25) is 0 Å². The summed E-state index contributed by atoms with van der Waals surface area (Å²) in [5.41, 5.74) is 3.21. The van der Waals surface area contributed by atoms with Crippen LogP contribution in [-0.2, 0) is 6.54 Å². The van der Waals surface area contributed by atoms with E-state index in [2.05, 4.69) is 51.8 Å². The zero-order chi connectivity index (χ0) is 18.4. The van der Waals surface area contributed by atoms with Crippen molar-refractivity contribution >= 4 is 17.5 Å². The van der Waals surface area contributed by atoms with Gasteiger partial charge in [0.15, 0.2) is 0 Å². The molecular formula is C20H22N4O2. The third kappa shape index (κ3) is 4.42. The zero-order valence-corrected chi connectivity index (χ0v) is 15.1. The van der Waals surface area contributed by atoms with Crippen molar-refractivity contribution in [3.8, 4) is 11.5 Å². The van der Waals surface area contributed by atoms with Gasteiger partial charge < -0.3 is 20.1 Å². The average Bonchev–Trinajstić information content (AvgIpc) is 2.68. The van der Waals surface area contributed by atoms with E-state index in [-0.39, 0.29) is 0 Å². The second-order valence-corrected chi connectivity index (χ2v) is 5.80. The van der Waals surface area contributed by atoms with E-state index in [0.29, 0.717) is 18.2 Å². The molecule has 3 aromatic rings. The van der Waals surface area contributed by atoms with E-state index in [1.165, 1.54) is 11.1 Å². The molecule has 1 aromatic heterocycles. The molecule has 134 valence electrons. The van der Waals surface area contributed by atoms with Crippen molar-refractivity contribution < 1.29 is 9.47 Å². The molecule has 2 N–H and O–H groups in total. The second-order valence-electron chi connectivity index (χ2n) is 5.80. The smallest absolute Gasteiger partial charge is 0.229 e. The Kier molecular flexibility index (Phi) is 5.53. The molecule has 6 nitrogen and oxygen atoms in total. The summed E-state index contributed by atoms with van der Waals surface area (Å²) >= 11 is 0. The van der Waals surface area contributed by atoms with E-state index in [1.807, 2.05) is 24.3 Å². The van der Waals surface area contributed by atoms with E-state index < -0.39 is 0 Å². The molecule has 6 heteroatoms. The predicted octanol–water partition coefficient (Wildman–Crippen LogP) is 4.16. The number of ether oxygens (including phenoxy) is 2. The molecule has 0 saturated carbocycles. The zero-order valence-electron chi connectivity index (χ0n) is 15.1. The fourth-order valence-electron chi connectivity index (χ4n) is 2.44. The Morgan fingerprint density at radius 2 is 1.77 bits per heavy atom. The van der Waals surface area contributed by atoms with Crippen LogP contribution in [0.5, 0.6) is 11.5 Å². The summed E-state index contributed by atoms with van der Waals surface area (Å²) in [5.74, 6) is 2.62. The highest BCUT2D eigenvalue weighted by molar-refractivity contribution is 5.64. The Hall–Kier alpha value is -3.28. The van der Waals surface area contributed by atoms with E-state index in [9.17, 15) is 0 Å². The minimum atomic E-state index is 0.488. The highest BCUT2D eigenvalue weighted by Crippen LogP contribution is 2.30. The lowest BCUT2D eigenvalue weighted by Crippen LogP contribution is -2.04. The Labute approximate surface area is 153 Å². The van der Waals surface area contributed by atoms with Gasteiger partial charge in [0, 0.05) is 18.8 Å². The van der Waals surface area contributed by atoms with Crippen molar-refractivity contribution in [3.05, 3.63) is 65.9 Å². The summed E-state index contributed by atoms with van der Waals surface area (Å²) in [5, 5.41) is 6.49. The van der Waals surface area contributed by atoms with Crippen LogP contribution in [0.25, 0.3) is 0 Å². The number of aryl methyl sites for hydroxylation is 1. The first-order chi connectivity index (χ1) is 12.7. The maximum absolute atomic E-state index is 5.39. The standard InChI is InChI=1S/C20H22N4O2/c1-14-4-6-15(7-5-14)13-22-19-10-11-21-20(24-19)23-17-9-8-16(25-2)12-18(17)26-3/h4-12H,13H2,1-3H3,(H2,21,22,23,24). The predicted molar refractivity (Wildman–Crippen MR) is 103 cm³/mol. The van der Waals surface area contributed by atoms with Gasteiger partial charge in [-0.05, 0) is 30.7 Å². The summed E-state index contributed by atoms with van der Waals surface area (Å²) in [6.07, 6.45) is 1.71. The van der Waals surface area contributed by atoms with Gasteiger partial charge >= 0.3 is 0 Å². The van der Waals surface area contributed by atoms with Crippen molar-refractivity contribution in [2.45, 2.75) is 13.5 Å². The maximum atomic E-state index is 5.39. The van der Waals surface area contributed by atoms with Crippen LogP contribution in [0.1, 0.15) is 11.1 Å². The number of anilines is 3. The average molecular weight is 350 g/mol. The van der Waals surface area contributed by atoms with Gasteiger partial charge in [-0.15, -0.1) is 0 Å². The van der Waals surface area contributed by atoms with Crippen LogP contribution >= 0.6 is 0 Å². The molecule has 3 rings (SSSR count). The van der Waals surface area contributed by atoms with Crippen molar-refractivity contribution in [2.75, 3.05) is 24.9 Å². The first-order valence-corrected chi connectivity index (χ1v) is 8.29. The van der Waals surface area contributed by atoms with Crippen molar-refractivity contribution in [2.24, 2.45) is 0 Å².